The number of nitrogens with two attached hydrogens (primary N) is 1. The van der Waals surface area contributed by atoms with Crippen molar-refractivity contribution < 1.29 is 4.79 Å². The minimum absolute atomic E-state index is 0.0893. The lowest BCUT2D eigenvalue weighted by Crippen LogP contribution is -2.15. The first-order chi connectivity index (χ1) is 9.77. The topological polar surface area (TPSA) is 68.9 Å². The Labute approximate surface area is 133 Å². The quantitative estimate of drug-likeness (QED) is 0.685. The lowest BCUT2D eigenvalue weighted by Gasteiger charge is -2.19. The zero-order valence-corrected chi connectivity index (χ0v) is 14.2. The van der Waals surface area contributed by atoms with Crippen LogP contribution in [0.15, 0.2) is 28.6 Å². The van der Waals surface area contributed by atoms with E-state index >= 15 is 0 Å². The highest BCUT2D eigenvalue weighted by Gasteiger charge is 2.20. The van der Waals surface area contributed by atoms with Crippen LogP contribution in [0.5, 0.6) is 0 Å². The van der Waals surface area contributed by atoms with Crippen LogP contribution >= 0.6 is 23.1 Å². The number of aromatic nitrogens is 2. The van der Waals surface area contributed by atoms with E-state index in [2.05, 4.69) is 31.0 Å². The zero-order chi connectivity index (χ0) is 15.6. The largest absolute Gasteiger partial charge is 0.374 e. The van der Waals surface area contributed by atoms with E-state index in [1.165, 1.54) is 28.7 Å². The first-order valence-corrected chi connectivity index (χ1v) is 8.37. The highest BCUT2D eigenvalue weighted by molar-refractivity contribution is 8.02. The minimum Gasteiger partial charge on any atom is -0.374 e. The monoisotopic (exact) mass is 321 g/mol. The number of Topliss-reactive ketones (excluding diaryl/α,β-unsaturated/α-hetero) is 1. The predicted octanol–water partition coefficient (Wildman–Crippen LogP) is 3.78. The van der Waals surface area contributed by atoms with E-state index in [1.54, 1.807) is 0 Å². The minimum atomic E-state index is -0.210. The fraction of sp³-hybridized carbons (Fsp3) is 0.400. The van der Waals surface area contributed by atoms with Gasteiger partial charge in [-0.2, -0.15) is 0 Å². The molecule has 2 aromatic rings. The predicted molar refractivity (Wildman–Crippen MR) is 89.1 cm³/mol. The first-order valence-electron chi connectivity index (χ1n) is 6.68. The fourth-order valence-electron chi connectivity index (χ4n) is 1.84. The molecule has 1 heterocycles. The second kappa shape index (κ2) is 6.15. The third-order valence-electron chi connectivity index (χ3n) is 3.10. The standard InChI is InChI=1S/C15H19N3OS2/c1-9(20-14-18-17-13(16)21-14)12(19)10-5-7-11(8-6-10)15(2,3)4/h5-9H,1-4H3,(H2,16,17). The van der Waals surface area contributed by atoms with Gasteiger partial charge >= 0.3 is 0 Å². The number of thioether (sulfide) groups is 1. The summed E-state index contributed by atoms with van der Waals surface area (Å²) in [6.45, 7) is 8.34. The number of carbonyl (C=O) groups excluding carboxylic acids is 1. The summed E-state index contributed by atoms with van der Waals surface area (Å²) in [4.78, 5) is 12.4. The van der Waals surface area contributed by atoms with Crippen molar-refractivity contribution in [2.45, 2.75) is 42.7 Å². The Balaban J connectivity index is 2.08. The van der Waals surface area contributed by atoms with Gasteiger partial charge in [0.2, 0.25) is 5.13 Å². The summed E-state index contributed by atoms with van der Waals surface area (Å²) in [7, 11) is 0. The number of benzene rings is 1. The molecule has 21 heavy (non-hydrogen) atoms. The van der Waals surface area contributed by atoms with Crippen LogP contribution < -0.4 is 5.73 Å². The molecule has 0 radical (unpaired) electrons. The van der Waals surface area contributed by atoms with Crippen LogP contribution in [0.1, 0.15) is 43.6 Å². The van der Waals surface area contributed by atoms with E-state index in [0.717, 1.165) is 9.90 Å². The Bertz CT molecular complexity index is 629. The van der Waals surface area contributed by atoms with Crippen LogP contribution in [0.25, 0.3) is 0 Å². The molecule has 2 N–H and O–H groups in total. The molecule has 6 heteroatoms. The van der Waals surface area contributed by atoms with Crippen LogP contribution in [0.2, 0.25) is 0 Å². The molecule has 0 aliphatic rings. The molecule has 1 atom stereocenters. The summed E-state index contributed by atoms with van der Waals surface area (Å²) in [5.74, 6) is 0.0919. The Morgan fingerprint density at radius 3 is 2.33 bits per heavy atom. The van der Waals surface area contributed by atoms with Gasteiger partial charge in [-0.25, -0.2) is 0 Å². The van der Waals surface area contributed by atoms with Gasteiger partial charge in [-0.15, -0.1) is 10.2 Å². The van der Waals surface area contributed by atoms with Crippen molar-refractivity contribution in [1.82, 2.24) is 10.2 Å². The molecule has 112 valence electrons. The Kier molecular flexibility index (Phi) is 4.68. The van der Waals surface area contributed by atoms with E-state index in [4.69, 9.17) is 5.73 Å². The molecule has 0 spiro atoms. The van der Waals surface area contributed by atoms with E-state index in [-0.39, 0.29) is 16.4 Å². The molecule has 0 aliphatic carbocycles. The molecule has 0 saturated carbocycles. The van der Waals surface area contributed by atoms with Crippen LogP contribution in [-0.2, 0) is 5.41 Å². The van der Waals surface area contributed by atoms with Gasteiger partial charge in [-0.05, 0) is 17.9 Å². The number of anilines is 1. The number of rotatable bonds is 4. The van der Waals surface area contributed by atoms with Crippen LogP contribution in [0, 0.1) is 0 Å². The van der Waals surface area contributed by atoms with Gasteiger partial charge in [-0.1, -0.05) is 68.1 Å². The van der Waals surface area contributed by atoms with Gasteiger partial charge in [-0.3, -0.25) is 4.79 Å². The number of nitrogens with zero attached hydrogens (tertiary/aromatic N) is 2. The van der Waals surface area contributed by atoms with E-state index in [0.29, 0.717) is 5.13 Å². The maximum absolute atomic E-state index is 12.4. The summed E-state index contributed by atoms with van der Waals surface area (Å²) in [6, 6.07) is 7.84. The number of carbonyl (C=O) groups is 1. The van der Waals surface area contributed by atoms with Crippen LogP contribution in [0.3, 0.4) is 0 Å². The fourth-order valence-corrected chi connectivity index (χ4v) is 3.70. The first kappa shape index (κ1) is 16.0. The number of hydrogen-bond acceptors (Lipinski definition) is 6. The second-order valence-corrected chi connectivity index (χ2v) is 8.45. The van der Waals surface area contributed by atoms with E-state index < -0.39 is 0 Å². The van der Waals surface area contributed by atoms with E-state index in [1.807, 2.05) is 31.2 Å². The maximum Gasteiger partial charge on any atom is 0.203 e. The second-order valence-electron chi connectivity index (χ2n) is 5.86. The lowest BCUT2D eigenvalue weighted by atomic mass is 9.86. The molecule has 0 bridgehead atoms. The van der Waals surface area contributed by atoms with Crippen molar-refractivity contribution in [1.29, 1.82) is 0 Å². The Hall–Kier alpha value is -1.40. The molecule has 0 fully saturated rings. The Morgan fingerprint density at radius 2 is 1.86 bits per heavy atom. The molecular weight excluding hydrogens is 302 g/mol. The lowest BCUT2D eigenvalue weighted by molar-refractivity contribution is 0.0994. The highest BCUT2D eigenvalue weighted by Crippen LogP contribution is 2.29. The van der Waals surface area contributed by atoms with Crippen molar-refractivity contribution in [3.63, 3.8) is 0 Å². The van der Waals surface area contributed by atoms with Crippen molar-refractivity contribution >= 4 is 34.0 Å². The normalized spacial score (nSPS) is 13.1. The van der Waals surface area contributed by atoms with Crippen molar-refractivity contribution in [3.8, 4) is 0 Å². The molecule has 2 rings (SSSR count). The van der Waals surface area contributed by atoms with Crippen LogP contribution in [0.4, 0.5) is 5.13 Å². The Morgan fingerprint density at radius 1 is 1.24 bits per heavy atom. The molecular formula is C15H19N3OS2. The average Bonchev–Trinajstić information content (AvgIpc) is 2.82. The van der Waals surface area contributed by atoms with Crippen molar-refractivity contribution in [3.05, 3.63) is 35.4 Å². The third kappa shape index (κ3) is 4.04. The van der Waals surface area contributed by atoms with Gasteiger partial charge in [0.15, 0.2) is 10.1 Å². The SMILES string of the molecule is CC(Sc1nnc(N)s1)C(=O)c1ccc(C(C)(C)C)cc1. The van der Waals surface area contributed by atoms with Gasteiger partial charge in [0.1, 0.15) is 0 Å². The zero-order valence-electron chi connectivity index (χ0n) is 12.6. The summed E-state index contributed by atoms with van der Waals surface area (Å²) in [5.41, 5.74) is 7.58. The molecule has 1 aromatic carbocycles. The highest BCUT2D eigenvalue weighted by atomic mass is 32.2. The van der Waals surface area contributed by atoms with Gasteiger partial charge < -0.3 is 5.73 Å². The molecule has 0 aliphatic heterocycles. The molecule has 4 nitrogen and oxygen atoms in total. The summed E-state index contributed by atoms with van der Waals surface area (Å²) < 4.78 is 0.722. The number of ketones is 1. The van der Waals surface area contributed by atoms with Gasteiger partial charge in [0.05, 0.1) is 5.25 Å². The van der Waals surface area contributed by atoms with Crippen molar-refractivity contribution in [2.24, 2.45) is 0 Å². The third-order valence-corrected chi connectivity index (χ3v) is 5.04. The van der Waals surface area contributed by atoms with E-state index in [9.17, 15) is 4.79 Å². The summed E-state index contributed by atoms with van der Waals surface area (Å²) in [6.07, 6.45) is 0. The van der Waals surface area contributed by atoms with Crippen molar-refractivity contribution in [2.75, 3.05) is 5.73 Å². The molecule has 1 aromatic heterocycles. The average molecular weight is 321 g/mol. The van der Waals surface area contributed by atoms with Gasteiger partial charge in [0, 0.05) is 5.56 Å². The molecule has 0 amide bonds. The molecule has 0 saturated heterocycles. The summed E-state index contributed by atoms with van der Waals surface area (Å²) >= 11 is 2.69. The summed E-state index contributed by atoms with van der Waals surface area (Å²) in [5, 5.41) is 7.90. The van der Waals surface area contributed by atoms with Crippen LogP contribution in [-0.4, -0.2) is 21.2 Å². The smallest absolute Gasteiger partial charge is 0.203 e. The van der Waals surface area contributed by atoms with Gasteiger partial charge in [0.25, 0.3) is 0 Å². The maximum atomic E-state index is 12.4. The number of hydrogen-bond donors (Lipinski definition) is 1. The molecule has 1 unspecified atom stereocenters. The number of nitrogen functional groups attached to an aromatic ring is 1.